The Morgan fingerprint density at radius 2 is 1.41 bits per heavy atom. The van der Waals surface area contributed by atoms with Crippen molar-refractivity contribution in [1.29, 1.82) is 0 Å². The summed E-state index contributed by atoms with van der Waals surface area (Å²) in [6, 6.07) is 0. The highest BCUT2D eigenvalue weighted by Gasteiger charge is 2.27. The lowest BCUT2D eigenvalue weighted by Gasteiger charge is -2.31. The third-order valence-electron chi connectivity index (χ3n) is 1.82. The predicted molar refractivity (Wildman–Crippen MR) is 81.7 cm³/mol. The van der Waals surface area contributed by atoms with Crippen molar-refractivity contribution < 1.29 is 13.3 Å². The first-order valence-electron chi connectivity index (χ1n) is 6.15. The lowest BCUT2D eigenvalue weighted by Crippen LogP contribution is -2.43. The number of rotatable bonds is 7. The van der Waals surface area contributed by atoms with Crippen molar-refractivity contribution >= 4 is 26.4 Å². The van der Waals surface area contributed by atoms with Gasteiger partial charge in [-0.1, -0.05) is 6.08 Å². The normalized spacial score (nSPS) is 15.0. The van der Waals surface area contributed by atoms with E-state index >= 15 is 0 Å². The van der Waals surface area contributed by atoms with E-state index in [0.717, 1.165) is 5.76 Å². The van der Waals surface area contributed by atoms with E-state index in [1.807, 2.05) is 19.9 Å². The topological polar surface area (TPSA) is 27.7 Å². The van der Waals surface area contributed by atoms with E-state index in [1.165, 1.54) is 0 Å². The maximum atomic E-state index is 6.07. The molecule has 0 bridgehead atoms. The first kappa shape index (κ1) is 17.1. The summed E-state index contributed by atoms with van der Waals surface area (Å²) in [6.07, 6.45) is 1.98. The van der Waals surface area contributed by atoms with E-state index < -0.39 is 26.4 Å². The lowest BCUT2D eigenvalue weighted by atomic mass is 10.5. The third-order valence-corrected chi connectivity index (χ3v) is 5.66. The highest BCUT2D eigenvalue weighted by atomic mass is 28.4. The molecule has 0 aromatic heterocycles. The monoisotopic (exact) mass is 292 g/mol. The molecule has 6 heteroatoms. The summed E-state index contributed by atoms with van der Waals surface area (Å²) in [7, 11) is -3.98. The smallest absolute Gasteiger partial charge is 0.276 e. The maximum absolute atomic E-state index is 6.07. The van der Waals surface area contributed by atoms with E-state index in [4.69, 9.17) is 13.3 Å². The Labute approximate surface area is 111 Å². The molecule has 0 saturated carbocycles. The molecular formula is C11H28O3Si3. The van der Waals surface area contributed by atoms with Crippen molar-refractivity contribution in [3.05, 3.63) is 11.8 Å². The molecule has 102 valence electrons. The van der Waals surface area contributed by atoms with Crippen LogP contribution in [0.4, 0.5) is 0 Å². The van der Waals surface area contributed by atoms with Crippen molar-refractivity contribution in [3.8, 4) is 0 Å². The summed E-state index contributed by atoms with van der Waals surface area (Å²) in [5.74, 6) is 0.878. The molecule has 0 amide bonds. The van der Waals surface area contributed by atoms with Crippen LogP contribution in [0.5, 0.6) is 0 Å². The lowest BCUT2D eigenvalue weighted by molar-refractivity contribution is 0.0501. The van der Waals surface area contributed by atoms with Crippen LogP contribution in [0.15, 0.2) is 11.8 Å². The molecule has 0 fully saturated rings. The summed E-state index contributed by atoms with van der Waals surface area (Å²) >= 11 is 0. The minimum absolute atomic E-state index is 0.0942. The third kappa shape index (κ3) is 11.0. The highest BCUT2D eigenvalue weighted by molar-refractivity contribution is 6.71. The van der Waals surface area contributed by atoms with Gasteiger partial charge < -0.3 is 13.3 Å². The van der Waals surface area contributed by atoms with Crippen molar-refractivity contribution in [1.82, 2.24) is 0 Å². The van der Waals surface area contributed by atoms with Crippen LogP contribution in [-0.2, 0) is 13.3 Å². The Hall–Kier alpha value is 0.111. The van der Waals surface area contributed by atoms with Crippen LogP contribution < -0.4 is 0 Å². The van der Waals surface area contributed by atoms with Gasteiger partial charge in [0.25, 0.3) is 9.76 Å². The summed E-state index contributed by atoms with van der Waals surface area (Å²) in [5.41, 5.74) is 0. The molecule has 17 heavy (non-hydrogen) atoms. The van der Waals surface area contributed by atoms with Crippen LogP contribution in [0.2, 0.25) is 39.3 Å². The second kappa shape index (κ2) is 6.89. The molecule has 0 spiro atoms. The zero-order valence-corrected chi connectivity index (χ0v) is 16.0. The SMILES string of the molecule is CC=C(C)O[SiH2]C(O[Si](C)(C)C)O[Si](C)(C)C. The Morgan fingerprint density at radius 1 is 1.00 bits per heavy atom. The largest absolute Gasteiger partial charge is 0.547 e. The Bertz CT molecular complexity index is 238. The van der Waals surface area contributed by atoms with Gasteiger partial charge in [-0.15, -0.1) is 0 Å². The molecule has 0 radical (unpaired) electrons. The number of hydrogen-bond donors (Lipinski definition) is 0. The van der Waals surface area contributed by atoms with Crippen LogP contribution in [-0.4, -0.2) is 32.3 Å². The van der Waals surface area contributed by atoms with Gasteiger partial charge in [0.15, 0.2) is 22.5 Å². The van der Waals surface area contributed by atoms with Gasteiger partial charge in [0.05, 0.1) is 5.76 Å². The fraction of sp³-hybridized carbons (Fsp3) is 0.818. The van der Waals surface area contributed by atoms with Gasteiger partial charge >= 0.3 is 0 Å². The number of hydrogen-bond acceptors (Lipinski definition) is 3. The highest BCUT2D eigenvalue weighted by Crippen LogP contribution is 2.14. The molecule has 0 atom stereocenters. The Kier molecular flexibility index (Phi) is 6.93. The van der Waals surface area contributed by atoms with E-state index in [0.29, 0.717) is 0 Å². The molecule has 3 nitrogen and oxygen atoms in total. The first-order valence-corrected chi connectivity index (χ1v) is 14.4. The maximum Gasteiger partial charge on any atom is 0.276 e. The van der Waals surface area contributed by atoms with Crippen LogP contribution in [0, 0.1) is 0 Å². The van der Waals surface area contributed by atoms with E-state index in [9.17, 15) is 0 Å². The summed E-state index contributed by atoms with van der Waals surface area (Å²) < 4.78 is 17.9. The molecule has 0 aromatic carbocycles. The second-order valence-electron chi connectivity index (χ2n) is 6.10. The van der Waals surface area contributed by atoms with Crippen molar-refractivity contribution in [2.45, 2.75) is 59.0 Å². The van der Waals surface area contributed by atoms with Gasteiger partial charge in [0, 0.05) is 0 Å². The van der Waals surface area contributed by atoms with Crippen molar-refractivity contribution in [2.75, 3.05) is 0 Å². The molecule has 0 saturated heterocycles. The van der Waals surface area contributed by atoms with Gasteiger partial charge in [-0.05, 0) is 53.1 Å². The fourth-order valence-corrected chi connectivity index (χ4v) is 7.04. The zero-order chi connectivity index (χ0) is 13.7. The van der Waals surface area contributed by atoms with E-state index in [1.54, 1.807) is 0 Å². The molecular weight excluding hydrogens is 264 g/mol. The Balaban J connectivity index is 4.41. The van der Waals surface area contributed by atoms with Crippen molar-refractivity contribution in [3.63, 3.8) is 0 Å². The average molecular weight is 293 g/mol. The van der Waals surface area contributed by atoms with Crippen LogP contribution in [0.25, 0.3) is 0 Å². The minimum atomic E-state index is -1.57. The van der Waals surface area contributed by atoms with Crippen molar-refractivity contribution in [2.24, 2.45) is 0 Å². The van der Waals surface area contributed by atoms with E-state index in [2.05, 4.69) is 39.3 Å². The molecule has 0 aliphatic heterocycles. The van der Waals surface area contributed by atoms with Crippen LogP contribution in [0.1, 0.15) is 13.8 Å². The van der Waals surface area contributed by atoms with Gasteiger partial charge in [-0.3, -0.25) is 0 Å². The minimum Gasteiger partial charge on any atom is -0.547 e. The molecule has 0 aliphatic rings. The summed E-state index contributed by atoms with van der Waals surface area (Å²) in [4.78, 5) is 0. The molecule has 0 aromatic rings. The quantitative estimate of drug-likeness (QED) is 0.410. The molecule has 0 heterocycles. The van der Waals surface area contributed by atoms with Gasteiger partial charge in [-0.25, -0.2) is 0 Å². The predicted octanol–water partition coefficient (Wildman–Crippen LogP) is 3.00. The zero-order valence-electron chi connectivity index (χ0n) is 12.6. The Morgan fingerprint density at radius 3 is 1.71 bits per heavy atom. The average Bonchev–Trinajstić information content (AvgIpc) is 2.08. The first-order chi connectivity index (χ1) is 7.53. The van der Waals surface area contributed by atoms with Gasteiger partial charge in [-0.2, -0.15) is 0 Å². The second-order valence-corrected chi connectivity index (χ2v) is 16.3. The van der Waals surface area contributed by atoms with Crippen LogP contribution in [0.3, 0.4) is 0 Å². The van der Waals surface area contributed by atoms with E-state index in [-0.39, 0.29) is 5.91 Å². The number of allylic oxidation sites excluding steroid dienone is 2. The molecule has 0 aliphatic carbocycles. The summed E-state index contributed by atoms with van der Waals surface area (Å²) in [6.45, 7) is 17.1. The molecule has 0 rings (SSSR count). The van der Waals surface area contributed by atoms with Crippen LogP contribution >= 0.6 is 0 Å². The standard InChI is InChI=1S/C11H28O3Si3/c1-9-10(2)12-15-11(13-16(3,4)5)14-17(6,7)8/h9,11H,15H2,1-8H3. The fourth-order valence-electron chi connectivity index (χ4n) is 1.16. The van der Waals surface area contributed by atoms with Gasteiger partial charge in [0.1, 0.15) is 0 Å². The molecule has 0 N–H and O–H groups in total. The summed E-state index contributed by atoms with van der Waals surface area (Å²) in [5, 5.41) is 0. The molecule has 0 unspecified atom stereocenters. The van der Waals surface area contributed by atoms with Gasteiger partial charge in [0.2, 0.25) is 0 Å².